The third-order valence-corrected chi connectivity index (χ3v) is 4.60. The summed E-state index contributed by atoms with van der Waals surface area (Å²) in [6.07, 6.45) is 3.10. The monoisotopic (exact) mass is 337 g/mol. The molecule has 2 N–H and O–H groups in total. The molecule has 0 saturated carbocycles. The van der Waals surface area contributed by atoms with Gasteiger partial charge in [-0.05, 0) is 43.9 Å². The molecule has 1 saturated heterocycles. The summed E-state index contributed by atoms with van der Waals surface area (Å²) in [4.78, 5) is 14.7. The topological polar surface area (TPSA) is 77.0 Å². The molecule has 0 aliphatic carbocycles. The average Bonchev–Trinajstić information content (AvgIpc) is 2.93. The van der Waals surface area contributed by atoms with Crippen molar-refractivity contribution in [1.82, 2.24) is 19.9 Å². The van der Waals surface area contributed by atoms with Crippen molar-refractivity contribution in [3.63, 3.8) is 0 Å². The van der Waals surface area contributed by atoms with Crippen LogP contribution in [-0.4, -0.2) is 44.9 Å². The first-order valence-electron chi connectivity index (χ1n) is 7.98. The van der Waals surface area contributed by atoms with Crippen LogP contribution in [-0.2, 0) is 11.3 Å². The van der Waals surface area contributed by atoms with Crippen LogP contribution in [0.15, 0.2) is 24.3 Å². The number of hydrogen-bond donors (Lipinski definition) is 1. The van der Waals surface area contributed by atoms with E-state index in [0.717, 1.165) is 30.4 Å². The normalized spacial score (nSPS) is 21.2. The van der Waals surface area contributed by atoms with Gasteiger partial charge in [0.2, 0.25) is 5.91 Å². The lowest BCUT2D eigenvalue weighted by atomic mass is 9.88. The van der Waals surface area contributed by atoms with Crippen LogP contribution in [0.25, 0.3) is 11.0 Å². The predicted molar refractivity (Wildman–Crippen MR) is 92.3 cm³/mol. The summed E-state index contributed by atoms with van der Waals surface area (Å²) < 4.78 is 1.69. The number of carbonyl (C=O) groups excluding carboxylic acids is 1. The van der Waals surface area contributed by atoms with E-state index in [1.807, 2.05) is 29.2 Å². The van der Waals surface area contributed by atoms with Crippen LogP contribution in [0.5, 0.6) is 0 Å². The van der Waals surface area contributed by atoms with E-state index in [4.69, 9.17) is 5.73 Å². The third kappa shape index (κ3) is 3.64. The standard InChI is InChI=1S/C16H23N5O.ClH/c1-12-5-4-10-20(14(12)8-9-17)16(22)11-21-15-7-3-2-6-13(15)18-19-21;/h2-3,6-7,12,14H,4-5,8-11,17H2,1H3;1H. The fraction of sp³-hybridized carbons (Fsp3) is 0.562. The number of piperidine rings is 1. The molecule has 0 spiro atoms. The lowest BCUT2D eigenvalue weighted by molar-refractivity contribution is -0.137. The van der Waals surface area contributed by atoms with Crippen molar-refractivity contribution in [2.75, 3.05) is 13.1 Å². The number of halogens is 1. The van der Waals surface area contributed by atoms with Gasteiger partial charge in [-0.15, -0.1) is 17.5 Å². The van der Waals surface area contributed by atoms with Gasteiger partial charge in [-0.2, -0.15) is 0 Å². The molecule has 0 bridgehead atoms. The number of fused-ring (bicyclic) bond motifs is 1. The second kappa shape index (κ2) is 7.75. The molecule has 23 heavy (non-hydrogen) atoms. The van der Waals surface area contributed by atoms with Gasteiger partial charge in [0.1, 0.15) is 12.1 Å². The smallest absolute Gasteiger partial charge is 0.244 e. The first kappa shape index (κ1) is 17.7. The van der Waals surface area contributed by atoms with Gasteiger partial charge in [-0.25, -0.2) is 4.68 Å². The molecule has 1 aromatic heterocycles. The summed E-state index contributed by atoms with van der Waals surface area (Å²) in [7, 11) is 0. The van der Waals surface area contributed by atoms with Crippen LogP contribution in [0.4, 0.5) is 0 Å². The number of hydrogen-bond acceptors (Lipinski definition) is 4. The molecule has 1 aliphatic heterocycles. The zero-order valence-corrected chi connectivity index (χ0v) is 14.2. The fourth-order valence-electron chi connectivity index (χ4n) is 3.42. The van der Waals surface area contributed by atoms with Crippen LogP contribution in [0, 0.1) is 5.92 Å². The van der Waals surface area contributed by atoms with Crippen molar-refractivity contribution in [3.05, 3.63) is 24.3 Å². The Labute approximate surface area is 142 Å². The first-order valence-corrected chi connectivity index (χ1v) is 7.98. The number of aromatic nitrogens is 3. The largest absolute Gasteiger partial charge is 0.338 e. The highest BCUT2D eigenvalue weighted by atomic mass is 35.5. The number of rotatable bonds is 4. The summed E-state index contributed by atoms with van der Waals surface area (Å²) in [5, 5.41) is 8.22. The van der Waals surface area contributed by atoms with Crippen molar-refractivity contribution < 1.29 is 4.79 Å². The highest BCUT2D eigenvalue weighted by Gasteiger charge is 2.31. The minimum atomic E-state index is 0. The van der Waals surface area contributed by atoms with E-state index in [9.17, 15) is 4.79 Å². The van der Waals surface area contributed by atoms with Crippen molar-refractivity contribution in [2.24, 2.45) is 11.7 Å². The molecular formula is C16H24ClN5O. The Kier molecular flexibility index (Phi) is 5.96. The third-order valence-electron chi connectivity index (χ3n) is 4.60. The molecular weight excluding hydrogens is 314 g/mol. The molecule has 3 rings (SSSR count). The number of likely N-dealkylation sites (tertiary alicyclic amines) is 1. The average molecular weight is 338 g/mol. The molecule has 2 aromatic rings. The van der Waals surface area contributed by atoms with Gasteiger partial charge in [0.25, 0.3) is 0 Å². The summed E-state index contributed by atoms with van der Waals surface area (Å²) >= 11 is 0. The highest BCUT2D eigenvalue weighted by molar-refractivity contribution is 5.85. The number of benzene rings is 1. The van der Waals surface area contributed by atoms with E-state index in [0.29, 0.717) is 12.5 Å². The molecule has 1 fully saturated rings. The van der Waals surface area contributed by atoms with Crippen LogP contribution in [0.3, 0.4) is 0 Å². The molecule has 2 atom stereocenters. The zero-order valence-electron chi connectivity index (χ0n) is 13.4. The summed E-state index contributed by atoms with van der Waals surface area (Å²) in [6, 6.07) is 7.96. The molecule has 1 aliphatic rings. The van der Waals surface area contributed by atoms with E-state index in [-0.39, 0.29) is 30.9 Å². The summed E-state index contributed by atoms with van der Waals surface area (Å²) in [5.74, 6) is 0.620. The maximum absolute atomic E-state index is 12.7. The Morgan fingerprint density at radius 3 is 2.96 bits per heavy atom. The lowest BCUT2D eigenvalue weighted by Crippen LogP contribution is -2.49. The van der Waals surface area contributed by atoms with E-state index < -0.39 is 0 Å². The Hall–Kier alpha value is -1.66. The molecule has 2 unspecified atom stereocenters. The van der Waals surface area contributed by atoms with Gasteiger partial charge in [0.05, 0.1) is 5.52 Å². The van der Waals surface area contributed by atoms with Gasteiger partial charge in [-0.1, -0.05) is 24.3 Å². The summed E-state index contributed by atoms with van der Waals surface area (Å²) in [6.45, 7) is 3.89. The van der Waals surface area contributed by atoms with E-state index >= 15 is 0 Å². The van der Waals surface area contributed by atoms with E-state index in [1.165, 1.54) is 6.42 Å². The van der Waals surface area contributed by atoms with Gasteiger partial charge in [0, 0.05) is 12.6 Å². The van der Waals surface area contributed by atoms with Crippen LogP contribution < -0.4 is 5.73 Å². The van der Waals surface area contributed by atoms with Crippen molar-refractivity contribution in [3.8, 4) is 0 Å². The quantitative estimate of drug-likeness (QED) is 0.923. The number of amides is 1. The van der Waals surface area contributed by atoms with Crippen molar-refractivity contribution >= 4 is 29.3 Å². The van der Waals surface area contributed by atoms with Gasteiger partial charge in [-0.3, -0.25) is 4.79 Å². The number of carbonyl (C=O) groups is 1. The van der Waals surface area contributed by atoms with Crippen molar-refractivity contribution in [2.45, 2.75) is 38.8 Å². The highest BCUT2D eigenvalue weighted by Crippen LogP contribution is 2.25. The zero-order chi connectivity index (χ0) is 15.5. The second-order valence-electron chi connectivity index (χ2n) is 6.09. The van der Waals surface area contributed by atoms with Crippen LogP contribution in [0.2, 0.25) is 0 Å². The molecule has 2 heterocycles. The van der Waals surface area contributed by atoms with E-state index in [1.54, 1.807) is 4.68 Å². The molecule has 1 amide bonds. The molecule has 1 aromatic carbocycles. The Bertz CT molecular complexity index is 659. The van der Waals surface area contributed by atoms with Crippen molar-refractivity contribution in [1.29, 1.82) is 0 Å². The maximum atomic E-state index is 12.7. The maximum Gasteiger partial charge on any atom is 0.244 e. The molecule has 6 nitrogen and oxygen atoms in total. The first-order chi connectivity index (χ1) is 10.7. The summed E-state index contributed by atoms with van der Waals surface area (Å²) in [5.41, 5.74) is 7.45. The molecule has 0 radical (unpaired) electrons. The fourth-order valence-corrected chi connectivity index (χ4v) is 3.42. The second-order valence-corrected chi connectivity index (χ2v) is 6.09. The van der Waals surface area contributed by atoms with E-state index in [2.05, 4.69) is 17.2 Å². The predicted octanol–water partition coefficient (Wildman–Crippen LogP) is 1.83. The van der Waals surface area contributed by atoms with Gasteiger partial charge < -0.3 is 10.6 Å². The Morgan fingerprint density at radius 1 is 1.39 bits per heavy atom. The number of nitrogens with two attached hydrogens (primary N) is 1. The molecule has 126 valence electrons. The minimum absolute atomic E-state index is 0. The van der Waals surface area contributed by atoms with Gasteiger partial charge >= 0.3 is 0 Å². The minimum Gasteiger partial charge on any atom is -0.338 e. The van der Waals surface area contributed by atoms with Crippen LogP contribution >= 0.6 is 12.4 Å². The number of nitrogens with zero attached hydrogens (tertiary/aromatic N) is 4. The SMILES string of the molecule is CC1CCCN(C(=O)Cn2nnc3ccccc32)C1CCN.Cl. The number of para-hydroxylation sites is 1. The van der Waals surface area contributed by atoms with Crippen LogP contribution in [0.1, 0.15) is 26.2 Å². The lowest BCUT2D eigenvalue weighted by Gasteiger charge is -2.40. The van der Waals surface area contributed by atoms with Gasteiger partial charge in [0.15, 0.2) is 0 Å². The molecule has 7 heteroatoms. The Balaban J connectivity index is 0.00000192. The Morgan fingerprint density at radius 2 is 2.17 bits per heavy atom.